The summed E-state index contributed by atoms with van der Waals surface area (Å²) in [5, 5.41) is 16.0. The van der Waals surface area contributed by atoms with Crippen molar-refractivity contribution in [3.63, 3.8) is 0 Å². The molecule has 1 fully saturated rings. The third kappa shape index (κ3) is 5.00. The molecule has 2 unspecified atom stereocenters. The molecule has 2 atom stereocenters. The number of aliphatic hydroxyl groups is 1. The molecule has 1 aliphatic rings. The maximum Gasteiger partial charge on any atom is 0.416 e. The Hall–Kier alpha value is -0.530. The zero-order chi connectivity index (χ0) is 14.8. The second-order valence-corrected chi connectivity index (χ2v) is 5.33. The van der Waals surface area contributed by atoms with Crippen LogP contribution in [0.2, 0.25) is 5.02 Å². The van der Waals surface area contributed by atoms with Crippen LogP contribution in [-0.4, -0.2) is 30.8 Å². The molecular formula is C13H17Cl2F3N2O. The monoisotopic (exact) mass is 344 g/mol. The van der Waals surface area contributed by atoms with Crippen molar-refractivity contribution in [1.29, 1.82) is 0 Å². The third-order valence-electron chi connectivity index (χ3n) is 3.40. The summed E-state index contributed by atoms with van der Waals surface area (Å²) in [6.45, 7) is 2.02. The molecule has 0 aromatic heterocycles. The van der Waals surface area contributed by atoms with Crippen LogP contribution >= 0.6 is 24.0 Å². The minimum Gasteiger partial charge on any atom is -0.391 e. The lowest BCUT2D eigenvalue weighted by Crippen LogP contribution is -2.30. The fraction of sp³-hybridized carbons (Fsp3) is 0.538. The van der Waals surface area contributed by atoms with E-state index in [0.717, 1.165) is 12.1 Å². The molecule has 0 radical (unpaired) electrons. The Morgan fingerprint density at radius 2 is 2.05 bits per heavy atom. The van der Waals surface area contributed by atoms with E-state index >= 15 is 0 Å². The summed E-state index contributed by atoms with van der Waals surface area (Å²) in [4.78, 5) is 0. The molecule has 8 heteroatoms. The van der Waals surface area contributed by atoms with Crippen LogP contribution in [0.15, 0.2) is 18.2 Å². The van der Waals surface area contributed by atoms with Crippen molar-refractivity contribution >= 4 is 24.0 Å². The second kappa shape index (κ2) is 7.65. The summed E-state index contributed by atoms with van der Waals surface area (Å²) < 4.78 is 37.8. The van der Waals surface area contributed by atoms with Crippen LogP contribution in [0.1, 0.15) is 11.1 Å². The van der Waals surface area contributed by atoms with Gasteiger partial charge in [-0.2, -0.15) is 13.2 Å². The lowest BCUT2D eigenvalue weighted by Gasteiger charge is -2.15. The lowest BCUT2D eigenvalue weighted by molar-refractivity contribution is -0.137. The third-order valence-corrected chi connectivity index (χ3v) is 3.77. The molecule has 1 saturated heterocycles. The van der Waals surface area contributed by atoms with Gasteiger partial charge in [-0.3, -0.25) is 0 Å². The van der Waals surface area contributed by atoms with Crippen LogP contribution in [0.25, 0.3) is 0 Å². The van der Waals surface area contributed by atoms with Gasteiger partial charge in [-0.05, 0) is 23.8 Å². The molecule has 2 rings (SSSR count). The van der Waals surface area contributed by atoms with Gasteiger partial charge in [-0.15, -0.1) is 12.4 Å². The zero-order valence-electron chi connectivity index (χ0n) is 11.1. The van der Waals surface area contributed by atoms with E-state index in [1.807, 2.05) is 0 Å². The first-order valence-electron chi connectivity index (χ1n) is 6.33. The van der Waals surface area contributed by atoms with Gasteiger partial charge in [0.25, 0.3) is 0 Å². The number of nitrogens with one attached hydrogen (secondary N) is 2. The van der Waals surface area contributed by atoms with E-state index in [1.165, 1.54) is 6.07 Å². The SMILES string of the molecule is Cl.OC1CNCC1CNCc1cc(C(F)(F)F)ccc1Cl. The quantitative estimate of drug-likeness (QED) is 0.786. The van der Waals surface area contributed by atoms with Crippen molar-refractivity contribution in [2.75, 3.05) is 19.6 Å². The predicted octanol–water partition coefficient (Wildman–Crippen LogP) is 2.45. The number of alkyl halides is 3. The summed E-state index contributed by atoms with van der Waals surface area (Å²) in [5.41, 5.74) is -0.303. The number of rotatable bonds is 4. The van der Waals surface area contributed by atoms with E-state index in [2.05, 4.69) is 10.6 Å². The van der Waals surface area contributed by atoms with Crippen LogP contribution in [0.5, 0.6) is 0 Å². The van der Waals surface area contributed by atoms with E-state index < -0.39 is 17.8 Å². The maximum absolute atomic E-state index is 12.6. The first-order chi connectivity index (χ1) is 9.38. The van der Waals surface area contributed by atoms with Gasteiger partial charge in [-0.1, -0.05) is 11.6 Å². The molecule has 120 valence electrons. The Balaban J connectivity index is 0.00000220. The molecule has 0 spiro atoms. The zero-order valence-corrected chi connectivity index (χ0v) is 12.7. The highest BCUT2D eigenvalue weighted by Gasteiger charge is 2.31. The van der Waals surface area contributed by atoms with E-state index in [1.54, 1.807) is 0 Å². The Morgan fingerprint density at radius 1 is 1.33 bits per heavy atom. The largest absolute Gasteiger partial charge is 0.416 e. The summed E-state index contributed by atoms with van der Waals surface area (Å²) in [7, 11) is 0. The van der Waals surface area contributed by atoms with Gasteiger partial charge in [0.05, 0.1) is 11.7 Å². The molecule has 21 heavy (non-hydrogen) atoms. The molecule has 0 saturated carbocycles. The molecule has 0 bridgehead atoms. The Bertz CT molecular complexity index is 471. The van der Waals surface area contributed by atoms with Crippen molar-refractivity contribution in [3.05, 3.63) is 34.3 Å². The number of halogens is 5. The highest BCUT2D eigenvalue weighted by molar-refractivity contribution is 6.31. The topological polar surface area (TPSA) is 44.3 Å². The van der Waals surface area contributed by atoms with Crippen molar-refractivity contribution < 1.29 is 18.3 Å². The normalized spacial score (nSPS) is 22.1. The highest BCUT2D eigenvalue weighted by atomic mass is 35.5. The van der Waals surface area contributed by atoms with Crippen molar-refractivity contribution in [3.8, 4) is 0 Å². The van der Waals surface area contributed by atoms with Crippen molar-refractivity contribution in [1.82, 2.24) is 10.6 Å². The Labute approximate surface area is 132 Å². The van der Waals surface area contributed by atoms with Gasteiger partial charge in [0.1, 0.15) is 0 Å². The average Bonchev–Trinajstić information content (AvgIpc) is 2.76. The molecule has 1 aromatic rings. The van der Waals surface area contributed by atoms with Gasteiger partial charge in [-0.25, -0.2) is 0 Å². The molecule has 1 heterocycles. The van der Waals surface area contributed by atoms with Crippen molar-refractivity contribution in [2.24, 2.45) is 5.92 Å². The molecule has 1 aromatic carbocycles. The number of hydrogen-bond acceptors (Lipinski definition) is 3. The first-order valence-corrected chi connectivity index (χ1v) is 6.71. The summed E-state index contributed by atoms with van der Waals surface area (Å²) in [6.07, 6.45) is -4.79. The summed E-state index contributed by atoms with van der Waals surface area (Å²) in [5.74, 6) is 0.0691. The van der Waals surface area contributed by atoms with Gasteiger partial charge < -0.3 is 15.7 Å². The van der Waals surface area contributed by atoms with Gasteiger partial charge in [0.2, 0.25) is 0 Å². The second-order valence-electron chi connectivity index (χ2n) is 4.92. The Kier molecular flexibility index (Phi) is 6.74. The lowest BCUT2D eigenvalue weighted by atomic mass is 10.1. The molecule has 0 aliphatic carbocycles. The minimum absolute atomic E-state index is 0. The Morgan fingerprint density at radius 3 is 2.62 bits per heavy atom. The van der Waals surface area contributed by atoms with E-state index in [4.69, 9.17) is 11.6 Å². The van der Waals surface area contributed by atoms with E-state index in [0.29, 0.717) is 30.2 Å². The van der Waals surface area contributed by atoms with Gasteiger partial charge in [0.15, 0.2) is 0 Å². The van der Waals surface area contributed by atoms with Crippen LogP contribution in [0.3, 0.4) is 0 Å². The molecule has 3 N–H and O–H groups in total. The van der Waals surface area contributed by atoms with Crippen LogP contribution in [0, 0.1) is 5.92 Å². The molecule has 1 aliphatic heterocycles. The number of hydrogen-bond donors (Lipinski definition) is 3. The standard InChI is InChI=1S/C13H16ClF3N2O.ClH/c14-11-2-1-10(13(15,16)17)3-8(11)4-18-5-9-6-19-7-12(9)20;/h1-3,9,12,18-20H,4-7H2;1H. The minimum atomic E-state index is -4.37. The fourth-order valence-corrected chi connectivity index (χ4v) is 2.39. The van der Waals surface area contributed by atoms with E-state index in [9.17, 15) is 18.3 Å². The number of benzene rings is 1. The number of β-amino-alcohol motifs (C(OH)–C–C–N with tert-alkyl or cyclic N) is 1. The summed E-state index contributed by atoms with van der Waals surface area (Å²) >= 11 is 5.90. The fourth-order valence-electron chi connectivity index (χ4n) is 2.21. The van der Waals surface area contributed by atoms with Gasteiger partial charge in [0, 0.05) is 37.1 Å². The predicted molar refractivity (Wildman–Crippen MR) is 77.8 cm³/mol. The molecular weight excluding hydrogens is 328 g/mol. The maximum atomic E-state index is 12.6. The van der Waals surface area contributed by atoms with Crippen LogP contribution in [0.4, 0.5) is 13.2 Å². The summed E-state index contributed by atoms with van der Waals surface area (Å²) in [6, 6.07) is 3.28. The van der Waals surface area contributed by atoms with Crippen LogP contribution < -0.4 is 10.6 Å². The highest BCUT2D eigenvalue weighted by Crippen LogP contribution is 2.31. The average molecular weight is 345 g/mol. The van der Waals surface area contributed by atoms with Crippen molar-refractivity contribution in [2.45, 2.75) is 18.8 Å². The smallest absolute Gasteiger partial charge is 0.391 e. The molecule has 0 amide bonds. The first kappa shape index (κ1) is 18.5. The van der Waals surface area contributed by atoms with Crippen LogP contribution in [-0.2, 0) is 12.7 Å². The van der Waals surface area contributed by atoms with E-state index in [-0.39, 0.29) is 24.9 Å². The number of aliphatic hydroxyl groups excluding tert-OH is 1. The molecule has 3 nitrogen and oxygen atoms in total. The van der Waals surface area contributed by atoms with Gasteiger partial charge >= 0.3 is 6.18 Å².